The lowest BCUT2D eigenvalue weighted by atomic mass is 10.2. The molecule has 0 radical (unpaired) electrons. The third-order valence-electron chi connectivity index (χ3n) is 3.90. The lowest BCUT2D eigenvalue weighted by Crippen LogP contribution is -2.36. The summed E-state index contributed by atoms with van der Waals surface area (Å²) in [4.78, 5) is 9.73. The molecule has 148 valence electrons. The molecular weight excluding hydrogens is 490 g/mol. The lowest BCUT2D eigenvalue weighted by Gasteiger charge is -2.12. The Kier molecular flexibility index (Phi) is 8.65. The SMILES string of the molecule is CN=C(NCc1ccnc(Oc2ccc(F)cc2)c1)NCc1sccc1C.I. The highest BCUT2D eigenvalue weighted by Crippen LogP contribution is 2.20. The van der Waals surface area contributed by atoms with Crippen LogP contribution in [-0.2, 0) is 13.1 Å². The maximum atomic E-state index is 13.0. The van der Waals surface area contributed by atoms with Crippen molar-refractivity contribution in [3.05, 3.63) is 75.9 Å². The van der Waals surface area contributed by atoms with E-state index in [9.17, 15) is 4.39 Å². The van der Waals surface area contributed by atoms with Gasteiger partial charge in [-0.15, -0.1) is 35.3 Å². The van der Waals surface area contributed by atoms with Gasteiger partial charge in [-0.1, -0.05) is 0 Å². The molecule has 0 saturated heterocycles. The third-order valence-corrected chi connectivity index (χ3v) is 4.93. The number of nitrogens with zero attached hydrogens (tertiary/aromatic N) is 2. The summed E-state index contributed by atoms with van der Waals surface area (Å²) in [5, 5.41) is 8.67. The second kappa shape index (κ2) is 11.0. The van der Waals surface area contributed by atoms with Crippen LogP contribution in [0.5, 0.6) is 11.6 Å². The summed E-state index contributed by atoms with van der Waals surface area (Å²) in [5.41, 5.74) is 2.28. The van der Waals surface area contributed by atoms with Crippen LogP contribution in [0.25, 0.3) is 0 Å². The van der Waals surface area contributed by atoms with Gasteiger partial charge in [-0.2, -0.15) is 0 Å². The summed E-state index contributed by atoms with van der Waals surface area (Å²) < 4.78 is 18.6. The van der Waals surface area contributed by atoms with Crippen molar-refractivity contribution in [3.63, 3.8) is 0 Å². The number of rotatable bonds is 6. The largest absolute Gasteiger partial charge is 0.439 e. The van der Waals surface area contributed by atoms with Gasteiger partial charge >= 0.3 is 0 Å². The molecule has 0 aliphatic heterocycles. The van der Waals surface area contributed by atoms with E-state index in [1.165, 1.54) is 22.6 Å². The van der Waals surface area contributed by atoms with Crippen LogP contribution in [0.3, 0.4) is 0 Å². The number of aliphatic imine (C=N–C) groups is 1. The zero-order chi connectivity index (χ0) is 19.1. The quantitative estimate of drug-likeness (QED) is 0.281. The van der Waals surface area contributed by atoms with Crippen LogP contribution >= 0.6 is 35.3 Å². The van der Waals surface area contributed by atoms with E-state index in [0.717, 1.165) is 18.1 Å². The molecule has 0 saturated carbocycles. The number of benzene rings is 1. The van der Waals surface area contributed by atoms with Crippen LogP contribution in [0.4, 0.5) is 4.39 Å². The van der Waals surface area contributed by atoms with Crippen molar-refractivity contribution >= 4 is 41.3 Å². The van der Waals surface area contributed by atoms with Crippen LogP contribution in [0.15, 0.2) is 59.0 Å². The molecule has 0 amide bonds. The fourth-order valence-electron chi connectivity index (χ4n) is 2.40. The van der Waals surface area contributed by atoms with Gasteiger partial charge in [-0.3, -0.25) is 4.99 Å². The number of thiophene rings is 1. The number of guanidine groups is 1. The summed E-state index contributed by atoms with van der Waals surface area (Å²) in [5.74, 6) is 1.42. The normalized spacial score (nSPS) is 10.9. The average molecular weight is 512 g/mol. The molecule has 0 unspecified atom stereocenters. The second-order valence-corrected chi connectivity index (χ2v) is 6.87. The van der Waals surface area contributed by atoms with Gasteiger partial charge in [0.15, 0.2) is 5.96 Å². The average Bonchev–Trinajstić information content (AvgIpc) is 3.09. The summed E-state index contributed by atoms with van der Waals surface area (Å²) in [6.45, 7) is 3.41. The van der Waals surface area contributed by atoms with Crippen molar-refractivity contribution < 1.29 is 9.13 Å². The van der Waals surface area contributed by atoms with Crippen molar-refractivity contribution in [2.24, 2.45) is 4.99 Å². The van der Waals surface area contributed by atoms with E-state index in [1.54, 1.807) is 36.7 Å². The molecule has 5 nitrogen and oxygen atoms in total. The summed E-state index contributed by atoms with van der Waals surface area (Å²) in [6.07, 6.45) is 1.68. The first-order valence-electron chi connectivity index (χ1n) is 8.50. The number of hydrogen-bond acceptors (Lipinski definition) is 4. The predicted molar refractivity (Wildman–Crippen MR) is 122 cm³/mol. The van der Waals surface area contributed by atoms with E-state index in [0.29, 0.717) is 18.2 Å². The Morgan fingerprint density at radius 1 is 1.14 bits per heavy atom. The van der Waals surface area contributed by atoms with Gasteiger partial charge in [-0.05, 0) is 59.8 Å². The van der Waals surface area contributed by atoms with Crippen molar-refractivity contribution in [3.8, 4) is 11.6 Å². The van der Waals surface area contributed by atoms with Crippen molar-refractivity contribution in [2.75, 3.05) is 7.05 Å². The second-order valence-electron chi connectivity index (χ2n) is 5.86. The maximum absolute atomic E-state index is 13.0. The minimum Gasteiger partial charge on any atom is -0.439 e. The molecule has 0 fully saturated rings. The number of aryl methyl sites for hydroxylation is 1. The highest BCUT2D eigenvalue weighted by molar-refractivity contribution is 14.0. The highest BCUT2D eigenvalue weighted by Gasteiger charge is 2.04. The Hall–Kier alpha value is -2.20. The fraction of sp³-hybridized carbons (Fsp3) is 0.200. The molecule has 1 aromatic carbocycles. The Balaban J connectivity index is 0.00000280. The Labute approximate surface area is 185 Å². The van der Waals surface area contributed by atoms with Gasteiger partial charge in [0, 0.05) is 30.7 Å². The molecule has 2 aromatic heterocycles. The molecule has 0 aliphatic carbocycles. The number of aromatic nitrogens is 1. The predicted octanol–water partition coefficient (Wildman–Crippen LogP) is 4.87. The van der Waals surface area contributed by atoms with E-state index in [2.05, 4.69) is 39.0 Å². The van der Waals surface area contributed by atoms with Gasteiger partial charge in [0.25, 0.3) is 0 Å². The lowest BCUT2D eigenvalue weighted by molar-refractivity contribution is 0.460. The van der Waals surface area contributed by atoms with Gasteiger partial charge < -0.3 is 15.4 Å². The summed E-state index contributed by atoms with van der Waals surface area (Å²) in [6, 6.07) is 11.7. The number of ether oxygens (including phenoxy) is 1. The molecule has 2 heterocycles. The Bertz CT molecular complexity index is 915. The Morgan fingerprint density at radius 2 is 1.89 bits per heavy atom. The molecular formula is C20H22FIN4OS. The summed E-state index contributed by atoms with van der Waals surface area (Å²) in [7, 11) is 1.74. The van der Waals surface area contributed by atoms with E-state index < -0.39 is 0 Å². The topological polar surface area (TPSA) is 58.5 Å². The van der Waals surface area contributed by atoms with Crippen molar-refractivity contribution in [1.29, 1.82) is 0 Å². The van der Waals surface area contributed by atoms with Crippen LogP contribution in [0, 0.1) is 12.7 Å². The highest BCUT2D eigenvalue weighted by atomic mass is 127. The Morgan fingerprint density at radius 3 is 2.57 bits per heavy atom. The number of hydrogen-bond donors (Lipinski definition) is 2. The van der Waals surface area contributed by atoms with Crippen LogP contribution in [-0.4, -0.2) is 18.0 Å². The number of halogens is 2. The zero-order valence-corrected chi connectivity index (χ0v) is 18.8. The van der Waals surface area contributed by atoms with Crippen molar-refractivity contribution in [2.45, 2.75) is 20.0 Å². The molecule has 2 N–H and O–H groups in total. The number of nitrogens with one attached hydrogen (secondary N) is 2. The fourth-order valence-corrected chi connectivity index (χ4v) is 3.24. The maximum Gasteiger partial charge on any atom is 0.219 e. The van der Waals surface area contributed by atoms with Crippen LogP contribution in [0.1, 0.15) is 16.0 Å². The van der Waals surface area contributed by atoms with Crippen LogP contribution in [0.2, 0.25) is 0 Å². The molecule has 3 aromatic rings. The molecule has 28 heavy (non-hydrogen) atoms. The van der Waals surface area contributed by atoms with Gasteiger partial charge in [0.1, 0.15) is 11.6 Å². The first-order chi connectivity index (χ1) is 13.1. The summed E-state index contributed by atoms with van der Waals surface area (Å²) >= 11 is 1.73. The van der Waals surface area contributed by atoms with Gasteiger partial charge in [0.05, 0.1) is 6.54 Å². The standard InChI is InChI=1S/C20H21FN4OS.HI/c1-14-8-10-27-18(14)13-25-20(22-2)24-12-15-7-9-23-19(11-15)26-17-5-3-16(21)4-6-17;/h3-11H,12-13H2,1-2H3,(H2,22,24,25);1H. The van der Waals surface area contributed by atoms with Gasteiger partial charge in [0.2, 0.25) is 5.88 Å². The molecule has 3 rings (SSSR count). The minimum atomic E-state index is -0.301. The van der Waals surface area contributed by atoms with Gasteiger partial charge in [-0.25, -0.2) is 9.37 Å². The first-order valence-corrected chi connectivity index (χ1v) is 9.38. The van der Waals surface area contributed by atoms with Crippen LogP contribution < -0.4 is 15.4 Å². The van der Waals surface area contributed by atoms with E-state index in [1.807, 2.05) is 12.1 Å². The van der Waals surface area contributed by atoms with Crippen molar-refractivity contribution in [1.82, 2.24) is 15.6 Å². The molecule has 0 aliphatic rings. The van der Waals surface area contributed by atoms with E-state index >= 15 is 0 Å². The van der Waals surface area contributed by atoms with E-state index in [-0.39, 0.29) is 29.8 Å². The smallest absolute Gasteiger partial charge is 0.219 e. The van der Waals surface area contributed by atoms with E-state index in [4.69, 9.17) is 4.74 Å². The molecule has 8 heteroatoms. The molecule has 0 atom stereocenters. The first kappa shape index (κ1) is 22.1. The minimum absolute atomic E-state index is 0. The third kappa shape index (κ3) is 6.45. The number of pyridine rings is 1. The molecule has 0 spiro atoms. The molecule has 0 bridgehead atoms. The zero-order valence-electron chi connectivity index (χ0n) is 15.6. The monoisotopic (exact) mass is 512 g/mol.